The lowest BCUT2D eigenvalue weighted by Gasteiger charge is -2.09. The fourth-order valence-electron chi connectivity index (χ4n) is 2.97. The predicted octanol–water partition coefficient (Wildman–Crippen LogP) is 4.79. The highest BCUT2D eigenvalue weighted by atomic mass is 16.5. The van der Waals surface area contributed by atoms with Gasteiger partial charge in [0.15, 0.2) is 11.5 Å². The summed E-state index contributed by atoms with van der Waals surface area (Å²) < 4.78 is 21.7. The molecule has 0 saturated heterocycles. The van der Waals surface area contributed by atoms with Crippen molar-refractivity contribution in [3.8, 4) is 23.3 Å². The Morgan fingerprint density at radius 2 is 1.84 bits per heavy atom. The van der Waals surface area contributed by atoms with Crippen LogP contribution in [0.5, 0.6) is 17.2 Å². The van der Waals surface area contributed by atoms with Gasteiger partial charge < -0.3 is 23.9 Å². The van der Waals surface area contributed by atoms with E-state index < -0.39 is 0 Å². The molecule has 1 N–H and O–H groups in total. The molecule has 0 fully saturated rings. The molecule has 0 spiro atoms. The standard InChI is InChI=1S/C24H25N3O4/c1-4-30-19-9-5-17(6-10-19)8-12-23-27-20(16-25)24(31-23)26-14-13-18-7-11-21(28-2)22(15-18)29-3/h5-12,15,26H,4,13-14H2,1-3H3/b12-8+. The SMILES string of the molecule is CCOc1ccc(/C=C/c2nc(C#N)c(NCCc3ccc(OC)c(OC)c3)o2)cc1. The molecule has 31 heavy (non-hydrogen) atoms. The molecular formula is C24H25N3O4. The number of rotatable bonds is 10. The molecule has 0 atom stereocenters. The summed E-state index contributed by atoms with van der Waals surface area (Å²) in [7, 11) is 3.21. The number of nitrogens with zero attached hydrogens (tertiary/aromatic N) is 2. The van der Waals surface area contributed by atoms with Gasteiger partial charge in [0.25, 0.3) is 0 Å². The summed E-state index contributed by atoms with van der Waals surface area (Å²) in [6, 6.07) is 15.5. The zero-order chi connectivity index (χ0) is 22.1. The van der Waals surface area contributed by atoms with Crippen LogP contribution < -0.4 is 19.5 Å². The van der Waals surface area contributed by atoms with E-state index >= 15 is 0 Å². The Labute approximate surface area is 181 Å². The average molecular weight is 419 g/mol. The van der Waals surface area contributed by atoms with Gasteiger partial charge in [0.2, 0.25) is 17.5 Å². The Morgan fingerprint density at radius 1 is 1.06 bits per heavy atom. The molecule has 0 aliphatic carbocycles. The molecule has 0 radical (unpaired) electrons. The molecule has 0 unspecified atom stereocenters. The Hall–Kier alpha value is -3.92. The molecule has 0 aliphatic heterocycles. The molecule has 0 aliphatic rings. The van der Waals surface area contributed by atoms with Gasteiger partial charge in [-0.2, -0.15) is 10.2 Å². The number of methoxy groups -OCH3 is 2. The van der Waals surface area contributed by atoms with Crippen LogP contribution in [-0.2, 0) is 6.42 Å². The van der Waals surface area contributed by atoms with E-state index in [4.69, 9.17) is 18.6 Å². The van der Waals surface area contributed by atoms with E-state index in [0.717, 1.165) is 16.9 Å². The first-order chi connectivity index (χ1) is 15.2. The number of oxazole rings is 1. The van der Waals surface area contributed by atoms with Crippen molar-refractivity contribution in [3.05, 3.63) is 65.2 Å². The van der Waals surface area contributed by atoms with Gasteiger partial charge in [0.05, 0.1) is 20.8 Å². The Balaban J connectivity index is 1.62. The van der Waals surface area contributed by atoms with Crippen molar-refractivity contribution in [1.82, 2.24) is 4.98 Å². The van der Waals surface area contributed by atoms with E-state index in [9.17, 15) is 5.26 Å². The van der Waals surface area contributed by atoms with Gasteiger partial charge in [-0.25, -0.2) is 0 Å². The number of anilines is 1. The number of benzene rings is 2. The highest BCUT2D eigenvalue weighted by molar-refractivity contribution is 5.67. The molecule has 3 aromatic rings. The van der Waals surface area contributed by atoms with Crippen molar-refractivity contribution in [2.24, 2.45) is 0 Å². The van der Waals surface area contributed by atoms with E-state index in [-0.39, 0.29) is 5.69 Å². The monoisotopic (exact) mass is 419 g/mol. The third kappa shape index (κ3) is 5.80. The van der Waals surface area contributed by atoms with Crippen LogP contribution in [-0.4, -0.2) is 32.4 Å². The highest BCUT2D eigenvalue weighted by Gasteiger charge is 2.11. The fourth-order valence-corrected chi connectivity index (χ4v) is 2.97. The normalized spacial score (nSPS) is 10.6. The number of hydrogen-bond acceptors (Lipinski definition) is 7. The minimum Gasteiger partial charge on any atom is -0.494 e. The van der Waals surface area contributed by atoms with Gasteiger partial charge in [-0.3, -0.25) is 0 Å². The van der Waals surface area contributed by atoms with Crippen molar-refractivity contribution < 1.29 is 18.6 Å². The van der Waals surface area contributed by atoms with E-state index in [1.807, 2.05) is 55.5 Å². The van der Waals surface area contributed by atoms with Gasteiger partial charge in [-0.05, 0) is 54.8 Å². The minimum atomic E-state index is 0.221. The Bertz CT molecular complexity index is 1070. The lowest BCUT2D eigenvalue weighted by molar-refractivity contribution is 0.340. The fraction of sp³-hybridized carbons (Fsp3) is 0.250. The summed E-state index contributed by atoms with van der Waals surface area (Å²) in [6.45, 7) is 3.15. The Morgan fingerprint density at radius 3 is 2.52 bits per heavy atom. The van der Waals surface area contributed by atoms with E-state index in [1.54, 1.807) is 20.3 Å². The van der Waals surface area contributed by atoms with Crippen LogP contribution in [0.3, 0.4) is 0 Å². The lowest BCUT2D eigenvalue weighted by Crippen LogP contribution is -2.05. The summed E-state index contributed by atoms with van der Waals surface area (Å²) in [6.07, 6.45) is 4.31. The maximum absolute atomic E-state index is 9.36. The molecule has 0 saturated carbocycles. The molecule has 0 bridgehead atoms. The predicted molar refractivity (Wildman–Crippen MR) is 119 cm³/mol. The van der Waals surface area contributed by atoms with Crippen LogP contribution >= 0.6 is 0 Å². The summed E-state index contributed by atoms with van der Waals surface area (Å²) in [5, 5.41) is 12.5. The smallest absolute Gasteiger partial charge is 0.232 e. The summed E-state index contributed by atoms with van der Waals surface area (Å²) in [4.78, 5) is 4.23. The quantitative estimate of drug-likeness (QED) is 0.505. The molecule has 2 aromatic carbocycles. The van der Waals surface area contributed by atoms with Crippen LogP contribution in [0.4, 0.5) is 5.88 Å². The number of nitrogens with one attached hydrogen (secondary N) is 1. The molecule has 1 aromatic heterocycles. The minimum absolute atomic E-state index is 0.221. The number of hydrogen-bond donors (Lipinski definition) is 1. The zero-order valence-electron chi connectivity index (χ0n) is 17.8. The van der Waals surface area contributed by atoms with E-state index in [1.165, 1.54) is 0 Å². The zero-order valence-corrected chi connectivity index (χ0v) is 17.8. The third-order valence-corrected chi connectivity index (χ3v) is 4.51. The first-order valence-electron chi connectivity index (χ1n) is 9.93. The topological polar surface area (TPSA) is 89.5 Å². The molecule has 7 heteroatoms. The van der Waals surface area contributed by atoms with E-state index in [2.05, 4.69) is 16.4 Å². The van der Waals surface area contributed by atoms with Gasteiger partial charge in [-0.1, -0.05) is 18.2 Å². The number of aromatic nitrogens is 1. The van der Waals surface area contributed by atoms with Crippen LogP contribution in [0.25, 0.3) is 12.2 Å². The highest BCUT2D eigenvalue weighted by Crippen LogP contribution is 2.28. The first kappa shape index (κ1) is 21.8. The van der Waals surface area contributed by atoms with Crippen LogP contribution in [0.2, 0.25) is 0 Å². The molecule has 1 heterocycles. The lowest BCUT2D eigenvalue weighted by atomic mass is 10.1. The molecule has 3 rings (SSSR count). The van der Waals surface area contributed by atoms with E-state index in [0.29, 0.717) is 42.8 Å². The number of ether oxygens (including phenoxy) is 3. The van der Waals surface area contributed by atoms with Crippen LogP contribution in [0.15, 0.2) is 46.9 Å². The van der Waals surface area contributed by atoms with Gasteiger partial charge in [0.1, 0.15) is 11.8 Å². The molecule has 0 amide bonds. The largest absolute Gasteiger partial charge is 0.494 e. The van der Waals surface area contributed by atoms with Crippen molar-refractivity contribution in [2.45, 2.75) is 13.3 Å². The van der Waals surface area contributed by atoms with Crippen LogP contribution in [0, 0.1) is 11.3 Å². The summed E-state index contributed by atoms with van der Waals surface area (Å²) in [5.41, 5.74) is 2.26. The summed E-state index contributed by atoms with van der Waals surface area (Å²) in [5.74, 6) is 2.90. The van der Waals surface area contributed by atoms with Gasteiger partial charge in [-0.15, -0.1) is 0 Å². The maximum atomic E-state index is 9.36. The van der Waals surface area contributed by atoms with Crippen LogP contribution in [0.1, 0.15) is 29.6 Å². The summed E-state index contributed by atoms with van der Waals surface area (Å²) >= 11 is 0. The second-order valence-corrected chi connectivity index (χ2v) is 6.54. The van der Waals surface area contributed by atoms with Crippen molar-refractivity contribution in [3.63, 3.8) is 0 Å². The number of nitriles is 1. The first-order valence-corrected chi connectivity index (χ1v) is 9.93. The molecule has 160 valence electrons. The van der Waals surface area contributed by atoms with Crippen molar-refractivity contribution >= 4 is 18.0 Å². The second-order valence-electron chi connectivity index (χ2n) is 6.54. The average Bonchev–Trinajstić information content (AvgIpc) is 3.20. The van der Waals surface area contributed by atoms with Gasteiger partial charge >= 0.3 is 0 Å². The molecule has 7 nitrogen and oxygen atoms in total. The molecular weight excluding hydrogens is 394 g/mol. The third-order valence-electron chi connectivity index (χ3n) is 4.51. The van der Waals surface area contributed by atoms with Gasteiger partial charge in [0, 0.05) is 12.6 Å². The Kier molecular flexibility index (Phi) is 7.55. The van der Waals surface area contributed by atoms with Crippen molar-refractivity contribution in [2.75, 3.05) is 32.7 Å². The maximum Gasteiger partial charge on any atom is 0.232 e. The van der Waals surface area contributed by atoms with Crippen molar-refractivity contribution in [1.29, 1.82) is 5.26 Å². The second kappa shape index (κ2) is 10.7.